The van der Waals surface area contributed by atoms with Gasteiger partial charge < -0.3 is 13.6 Å². The fourth-order valence-electron chi connectivity index (χ4n) is 2.48. The van der Waals surface area contributed by atoms with Gasteiger partial charge in [-0.05, 0) is 44.4 Å². The first kappa shape index (κ1) is 16.1. The molecule has 0 amide bonds. The third-order valence-corrected chi connectivity index (χ3v) is 3.80. The molecule has 1 atom stereocenters. The second-order valence-electron chi connectivity index (χ2n) is 6.15. The summed E-state index contributed by atoms with van der Waals surface area (Å²) in [4.78, 5) is 11.4. The van der Waals surface area contributed by atoms with Crippen LogP contribution in [0.15, 0.2) is 68.1 Å². The number of allylic oxidation sites excluding steroid dienone is 3. The number of rotatable bonds is 5. The molecule has 24 heavy (non-hydrogen) atoms. The monoisotopic (exact) mass is 324 g/mol. The molecule has 4 nitrogen and oxygen atoms in total. The molecule has 0 bridgehead atoms. The highest BCUT2D eigenvalue weighted by atomic mass is 16.5. The van der Waals surface area contributed by atoms with Gasteiger partial charge in [0.1, 0.15) is 16.9 Å². The smallest absolute Gasteiger partial charge is 0.336 e. The standard InChI is InChI=1S/C20H20O4/c1-13(2)4-5-14(3)8-10-23-20-15-6-7-19(21)24-18(15)12-17-16(20)9-11-22-17/h4,6-12,14H,5H2,1-3H3/b10-8+. The van der Waals surface area contributed by atoms with Crippen LogP contribution in [0.5, 0.6) is 5.75 Å². The van der Waals surface area contributed by atoms with Crippen LogP contribution in [0.3, 0.4) is 0 Å². The zero-order valence-electron chi connectivity index (χ0n) is 14.0. The molecule has 0 N–H and O–H groups in total. The molecule has 124 valence electrons. The molecule has 4 heteroatoms. The minimum absolute atomic E-state index is 0.368. The van der Waals surface area contributed by atoms with Crippen molar-refractivity contribution < 1.29 is 13.6 Å². The molecule has 0 saturated heterocycles. The SMILES string of the molecule is CC(C)=CCC(C)/C=C/Oc1c2ccoc2cc2oc(=O)ccc12. The van der Waals surface area contributed by atoms with Crippen LogP contribution in [0.25, 0.3) is 21.9 Å². The summed E-state index contributed by atoms with van der Waals surface area (Å²) in [5, 5.41) is 1.59. The van der Waals surface area contributed by atoms with E-state index in [1.54, 1.807) is 24.7 Å². The average Bonchev–Trinajstić information content (AvgIpc) is 3.00. The molecule has 2 heterocycles. The Morgan fingerprint density at radius 2 is 2.00 bits per heavy atom. The van der Waals surface area contributed by atoms with Gasteiger partial charge in [-0.15, -0.1) is 0 Å². The Morgan fingerprint density at radius 3 is 2.79 bits per heavy atom. The van der Waals surface area contributed by atoms with Crippen molar-refractivity contribution in [1.29, 1.82) is 0 Å². The molecule has 0 saturated carbocycles. The van der Waals surface area contributed by atoms with Crippen LogP contribution in [0.1, 0.15) is 27.2 Å². The van der Waals surface area contributed by atoms with Crippen LogP contribution < -0.4 is 10.4 Å². The number of ether oxygens (including phenoxy) is 1. The number of fused-ring (bicyclic) bond motifs is 2. The molecule has 0 aliphatic carbocycles. The number of hydrogen-bond donors (Lipinski definition) is 0. The molecule has 3 aromatic rings. The summed E-state index contributed by atoms with van der Waals surface area (Å²) in [6.07, 6.45) is 8.47. The summed E-state index contributed by atoms with van der Waals surface area (Å²) in [5.74, 6) is 0.998. The molecule has 0 radical (unpaired) electrons. The first-order valence-corrected chi connectivity index (χ1v) is 7.95. The van der Waals surface area contributed by atoms with E-state index in [9.17, 15) is 4.79 Å². The Hall–Kier alpha value is -2.75. The minimum atomic E-state index is -0.398. The summed E-state index contributed by atoms with van der Waals surface area (Å²) >= 11 is 0. The van der Waals surface area contributed by atoms with Crippen LogP contribution in [0.2, 0.25) is 0 Å². The fourth-order valence-corrected chi connectivity index (χ4v) is 2.48. The highest BCUT2D eigenvalue weighted by molar-refractivity contribution is 6.01. The topological polar surface area (TPSA) is 52.6 Å². The quantitative estimate of drug-likeness (QED) is 0.357. The molecule has 3 rings (SSSR count). The maximum absolute atomic E-state index is 11.4. The highest BCUT2D eigenvalue weighted by Crippen LogP contribution is 2.35. The van der Waals surface area contributed by atoms with E-state index in [0.29, 0.717) is 22.8 Å². The lowest BCUT2D eigenvalue weighted by Crippen LogP contribution is -1.96. The molecular formula is C20H20O4. The van der Waals surface area contributed by atoms with Crippen LogP contribution >= 0.6 is 0 Å². The third kappa shape index (κ3) is 3.43. The molecule has 2 aromatic heterocycles. The van der Waals surface area contributed by atoms with Gasteiger partial charge in [0.2, 0.25) is 0 Å². The zero-order valence-corrected chi connectivity index (χ0v) is 14.0. The zero-order chi connectivity index (χ0) is 17.1. The Balaban J connectivity index is 1.93. The van der Waals surface area contributed by atoms with Crippen LogP contribution in [-0.2, 0) is 0 Å². The van der Waals surface area contributed by atoms with E-state index in [1.807, 2.05) is 12.1 Å². The van der Waals surface area contributed by atoms with Crippen molar-refractivity contribution >= 4 is 21.9 Å². The molecule has 1 unspecified atom stereocenters. The Morgan fingerprint density at radius 1 is 1.21 bits per heavy atom. The molecule has 0 aliphatic heterocycles. The average molecular weight is 324 g/mol. The first-order valence-electron chi connectivity index (χ1n) is 7.95. The van der Waals surface area contributed by atoms with E-state index in [0.717, 1.165) is 17.2 Å². The van der Waals surface area contributed by atoms with Crippen molar-refractivity contribution in [1.82, 2.24) is 0 Å². The number of furan rings is 1. The van der Waals surface area contributed by atoms with Gasteiger partial charge in [-0.2, -0.15) is 0 Å². The van der Waals surface area contributed by atoms with E-state index in [2.05, 4.69) is 26.8 Å². The number of hydrogen-bond acceptors (Lipinski definition) is 4. The van der Waals surface area contributed by atoms with Crippen molar-refractivity contribution in [2.75, 3.05) is 0 Å². The van der Waals surface area contributed by atoms with E-state index in [1.165, 1.54) is 11.6 Å². The van der Waals surface area contributed by atoms with Gasteiger partial charge in [0.15, 0.2) is 0 Å². The van der Waals surface area contributed by atoms with Crippen molar-refractivity contribution in [3.05, 3.63) is 64.9 Å². The molecule has 1 aromatic carbocycles. The molecular weight excluding hydrogens is 304 g/mol. The maximum Gasteiger partial charge on any atom is 0.336 e. The van der Waals surface area contributed by atoms with Crippen LogP contribution in [-0.4, -0.2) is 0 Å². The minimum Gasteiger partial charge on any atom is -0.464 e. The van der Waals surface area contributed by atoms with E-state index in [4.69, 9.17) is 13.6 Å². The predicted molar refractivity (Wildman–Crippen MR) is 95.2 cm³/mol. The highest BCUT2D eigenvalue weighted by Gasteiger charge is 2.12. The largest absolute Gasteiger partial charge is 0.464 e. The summed E-state index contributed by atoms with van der Waals surface area (Å²) < 4.78 is 16.6. The maximum atomic E-state index is 11.4. The van der Waals surface area contributed by atoms with Gasteiger partial charge in [0.25, 0.3) is 0 Å². The van der Waals surface area contributed by atoms with Crippen molar-refractivity contribution in [3.63, 3.8) is 0 Å². The molecule has 0 aliphatic rings. The summed E-state index contributed by atoms with van der Waals surface area (Å²) in [7, 11) is 0. The number of benzene rings is 1. The van der Waals surface area contributed by atoms with Crippen molar-refractivity contribution in [2.24, 2.45) is 5.92 Å². The van der Waals surface area contributed by atoms with Crippen LogP contribution in [0.4, 0.5) is 0 Å². The van der Waals surface area contributed by atoms with E-state index in [-0.39, 0.29) is 0 Å². The second-order valence-corrected chi connectivity index (χ2v) is 6.15. The van der Waals surface area contributed by atoms with Gasteiger partial charge in [-0.25, -0.2) is 4.79 Å². The van der Waals surface area contributed by atoms with Gasteiger partial charge >= 0.3 is 5.63 Å². The van der Waals surface area contributed by atoms with Crippen molar-refractivity contribution in [2.45, 2.75) is 27.2 Å². The summed E-state index contributed by atoms with van der Waals surface area (Å²) in [6.45, 7) is 6.31. The van der Waals surface area contributed by atoms with Gasteiger partial charge in [-0.1, -0.05) is 18.6 Å². The van der Waals surface area contributed by atoms with Crippen molar-refractivity contribution in [3.8, 4) is 5.75 Å². The Kier molecular flexibility index (Phi) is 4.56. The third-order valence-electron chi connectivity index (χ3n) is 3.80. The molecule has 0 spiro atoms. The summed E-state index contributed by atoms with van der Waals surface area (Å²) in [6, 6.07) is 6.65. The van der Waals surface area contributed by atoms with Crippen LogP contribution in [0, 0.1) is 5.92 Å². The summed E-state index contributed by atoms with van der Waals surface area (Å²) in [5.41, 5.74) is 1.98. The van der Waals surface area contributed by atoms with Gasteiger partial charge in [-0.3, -0.25) is 0 Å². The fraction of sp³-hybridized carbons (Fsp3) is 0.250. The predicted octanol–water partition coefficient (Wildman–Crippen LogP) is 5.42. The second kappa shape index (κ2) is 6.79. The molecule has 0 fully saturated rings. The Labute approximate surface area is 140 Å². The lowest BCUT2D eigenvalue weighted by molar-refractivity contribution is 0.481. The van der Waals surface area contributed by atoms with Gasteiger partial charge in [0, 0.05) is 12.1 Å². The first-order chi connectivity index (χ1) is 11.5. The normalized spacial score (nSPS) is 12.8. The van der Waals surface area contributed by atoms with E-state index >= 15 is 0 Å². The Bertz CT molecular complexity index is 968. The lowest BCUT2D eigenvalue weighted by Gasteiger charge is -2.07. The lowest BCUT2D eigenvalue weighted by atomic mass is 10.1. The van der Waals surface area contributed by atoms with Gasteiger partial charge in [0.05, 0.1) is 23.3 Å². The van der Waals surface area contributed by atoms with E-state index < -0.39 is 5.63 Å².